The summed E-state index contributed by atoms with van der Waals surface area (Å²) < 4.78 is 7.53. The minimum atomic E-state index is -0.355. The van der Waals surface area contributed by atoms with E-state index in [0.717, 1.165) is 35.9 Å². The first kappa shape index (κ1) is 18.4. The molecule has 0 saturated heterocycles. The number of rotatable bonds is 7. The van der Waals surface area contributed by atoms with Gasteiger partial charge in [0, 0.05) is 5.92 Å². The average Bonchev–Trinajstić information content (AvgIpc) is 2.92. The number of benzene rings is 1. The largest absolute Gasteiger partial charge is 0.468 e. The van der Waals surface area contributed by atoms with E-state index in [9.17, 15) is 9.59 Å². The summed E-state index contributed by atoms with van der Waals surface area (Å²) >= 11 is 1.43. The van der Waals surface area contributed by atoms with Gasteiger partial charge < -0.3 is 9.30 Å². The van der Waals surface area contributed by atoms with Crippen LogP contribution in [0, 0.1) is 5.92 Å². The summed E-state index contributed by atoms with van der Waals surface area (Å²) in [6.07, 6.45) is 3.61. The third-order valence-electron chi connectivity index (χ3n) is 3.93. The Bertz CT molecular complexity index is 770. The molecule has 1 amide bonds. The van der Waals surface area contributed by atoms with E-state index >= 15 is 0 Å². The highest BCUT2D eigenvalue weighted by Crippen LogP contribution is 2.18. The van der Waals surface area contributed by atoms with E-state index in [1.54, 1.807) is 4.57 Å². The zero-order valence-corrected chi connectivity index (χ0v) is 15.3. The predicted molar refractivity (Wildman–Crippen MR) is 95.7 cm³/mol. The van der Waals surface area contributed by atoms with Crippen molar-refractivity contribution in [3.05, 3.63) is 29.1 Å². The minimum absolute atomic E-state index is 0.0446. The molecule has 1 aromatic carbocycles. The molecule has 0 aliphatic heterocycles. The van der Waals surface area contributed by atoms with Crippen molar-refractivity contribution in [1.29, 1.82) is 0 Å². The van der Waals surface area contributed by atoms with Gasteiger partial charge >= 0.3 is 5.97 Å². The van der Waals surface area contributed by atoms with Gasteiger partial charge in [-0.3, -0.25) is 9.59 Å². The van der Waals surface area contributed by atoms with Gasteiger partial charge in [0.05, 0.1) is 17.3 Å². The molecular weight excluding hydrogens is 324 g/mol. The van der Waals surface area contributed by atoms with Gasteiger partial charge in [-0.05, 0) is 25.0 Å². The molecule has 0 bridgehead atoms. The van der Waals surface area contributed by atoms with E-state index in [-0.39, 0.29) is 24.3 Å². The molecule has 0 N–H and O–H groups in total. The summed E-state index contributed by atoms with van der Waals surface area (Å²) in [5.74, 6) is -0.494. The molecule has 0 unspecified atom stereocenters. The van der Waals surface area contributed by atoms with E-state index in [1.807, 2.05) is 24.3 Å². The van der Waals surface area contributed by atoms with Gasteiger partial charge in [-0.25, -0.2) is 0 Å². The molecule has 1 aromatic heterocycles. The highest BCUT2D eigenvalue weighted by Gasteiger charge is 2.17. The number of para-hydroxylation sites is 1. The van der Waals surface area contributed by atoms with Gasteiger partial charge in [-0.2, -0.15) is 4.99 Å². The molecule has 5 nitrogen and oxygen atoms in total. The monoisotopic (exact) mass is 348 g/mol. The van der Waals surface area contributed by atoms with E-state index in [4.69, 9.17) is 4.74 Å². The van der Waals surface area contributed by atoms with Crippen LogP contribution in [0.4, 0.5) is 0 Å². The third-order valence-corrected chi connectivity index (χ3v) is 4.99. The molecule has 2 aromatic rings. The summed E-state index contributed by atoms with van der Waals surface area (Å²) in [6, 6.07) is 7.73. The number of hydrogen-bond acceptors (Lipinski definition) is 4. The first-order valence-corrected chi connectivity index (χ1v) is 9.16. The van der Waals surface area contributed by atoms with Gasteiger partial charge in [0.25, 0.3) is 5.91 Å². The van der Waals surface area contributed by atoms with Gasteiger partial charge in [-0.1, -0.05) is 50.2 Å². The molecular formula is C18H24N2O3S. The number of carbonyl (C=O) groups excluding carboxylic acids is 2. The molecule has 0 spiro atoms. The second kappa shape index (κ2) is 8.78. The maximum Gasteiger partial charge on any atom is 0.325 e. The standard InChI is InChI=1S/C18H24N2O3S/c1-4-8-13(9-5-2)17(22)19-18-20(12-16(21)23-3)14-10-6-7-11-15(14)24-18/h6-7,10-11,13H,4-5,8-9,12H2,1-3H3. The average molecular weight is 348 g/mol. The lowest BCUT2D eigenvalue weighted by atomic mass is 9.98. The van der Waals surface area contributed by atoms with Gasteiger partial charge in [0.2, 0.25) is 0 Å². The lowest BCUT2D eigenvalue weighted by molar-refractivity contribution is -0.141. The predicted octanol–water partition coefficient (Wildman–Crippen LogP) is 3.52. The van der Waals surface area contributed by atoms with E-state index < -0.39 is 0 Å². The Morgan fingerprint density at radius 2 is 1.88 bits per heavy atom. The molecule has 1 heterocycles. The molecule has 6 heteroatoms. The second-order valence-electron chi connectivity index (χ2n) is 5.74. The molecule has 0 atom stereocenters. The maximum absolute atomic E-state index is 12.6. The molecule has 130 valence electrons. The molecule has 0 aliphatic carbocycles. The van der Waals surface area contributed by atoms with Crippen LogP contribution in [0.3, 0.4) is 0 Å². The zero-order valence-electron chi connectivity index (χ0n) is 14.4. The Labute approximate surface area is 146 Å². The molecule has 0 radical (unpaired) electrons. The summed E-state index contributed by atoms with van der Waals surface area (Å²) in [6.45, 7) is 4.21. The van der Waals surface area contributed by atoms with Crippen LogP contribution in [0.1, 0.15) is 39.5 Å². The van der Waals surface area contributed by atoms with Crippen LogP contribution in [0.2, 0.25) is 0 Å². The summed E-state index contributed by atoms with van der Waals surface area (Å²) in [5, 5.41) is 0. The van der Waals surface area contributed by atoms with Crippen molar-refractivity contribution in [1.82, 2.24) is 4.57 Å². The summed E-state index contributed by atoms with van der Waals surface area (Å²) in [4.78, 5) is 29.2. The molecule has 2 rings (SSSR count). The SMILES string of the molecule is CCCC(CCC)C(=O)N=c1sc2ccccc2n1CC(=O)OC. The van der Waals surface area contributed by atoms with E-state index in [0.29, 0.717) is 4.80 Å². The Morgan fingerprint density at radius 1 is 1.21 bits per heavy atom. The fourth-order valence-electron chi connectivity index (χ4n) is 2.73. The van der Waals surface area contributed by atoms with Crippen LogP contribution in [-0.2, 0) is 20.9 Å². The number of thiazole rings is 1. The van der Waals surface area contributed by atoms with Crippen LogP contribution < -0.4 is 4.80 Å². The number of carbonyl (C=O) groups is 2. The fraction of sp³-hybridized carbons (Fsp3) is 0.500. The van der Waals surface area contributed by atoms with Crippen molar-refractivity contribution in [3.8, 4) is 0 Å². The van der Waals surface area contributed by atoms with Crippen LogP contribution in [0.15, 0.2) is 29.3 Å². The third kappa shape index (κ3) is 4.32. The Balaban J connectivity index is 2.47. The smallest absolute Gasteiger partial charge is 0.325 e. The van der Waals surface area contributed by atoms with Crippen LogP contribution in [0.5, 0.6) is 0 Å². The quantitative estimate of drug-likeness (QED) is 0.719. The van der Waals surface area contributed by atoms with Crippen molar-refractivity contribution in [2.45, 2.75) is 46.1 Å². The molecule has 24 heavy (non-hydrogen) atoms. The first-order valence-electron chi connectivity index (χ1n) is 8.34. The topological polar surface area (TPSA) is 60.7 Å². The number of methoxy groups -OCH3 is 1. The van der Waals surface area contributed by atoms with Crippen molar-refractivity contribution in [2.24, 2.45) is 10.9 Å². The first-order chi connectivity index (χ1) is 11.6. The van der Waals surface area contributed by atoms with E-state index in [2.05, 4.69) is 18.8 Å². The van der Waals surface area contributed by atoms with E-state index in [1.165, 1.54) is 18.4 Å². The highest BCUT2D eigenvalue weighted by molar-refractivity contribution is 7.16. The maximum atomic E-state index is 12.6. The summed E-state index contributed by atoms with van der Waals surface area (Å²) in [5.41, 5.74) is 0.891. The molecule has 0 aliphatic rings. The number of aromatic nitrogens is 1. The Kier molecular flexibility index (Phi) is 6.73. The molecule has 0 saturated carbocycles. The lowest BCUT2D eigenvalue weighted by Gasteiger charge is -2.10. The lowest BCUT2D eigenvalue weighted by Crippen LogP contribution is -2.24. The van der Waals surface area contributed by atoms with Crippen molar-refractivity contribution in [3.63, 3.8) is 0 Å². The van der Waals surface area contributed by atoms with Gasteiger partial charge in [0.15, 0.2) is 4.80 Å². The minimum Gasteiger partial charge on any atom is -0.468 e. The second-order valence-corrected chi connectivity index (χ2v) is 6.75. The van der Waals surface area contributed by atoms with Crippen LogP contribution in [-0.4, -0.2) is 23.6 Å². The number of ether oxygens (including phenoxy) is 1. The highest BCUT2D eigenvalue weighted by atomic mass is 32.1. The summed E-state index contributed by atoms with van der Waals surface area (Å²) in [7, 11) is 1.36. The normalized spacial score (nSPS) is 12.1. The fourth-order valence-corrected chi connectivity index (χ4v) is 3.76. The Hall–Kier alpha value is -1.95. The Morgan fingerprint density at radius 3 is 2.50 bits per heavy atom. The van der Waals surface area contributed by atoms with Gasteiger partial charge in [-0.15, -0.1) is 0 Å². The molecule has 0 fully saturated rings. The number of hydrogen-bond donors (Lipinski definition) is 0. The number of fused-ring (bicyclic) bond motifs is 1. The van der Waals surface area contributed by atoms with Crippen molar-refractivity contribution in [2.75, 3.05) is 7.11 Å². The number of esters is 1. The number of nitrogens with zero attached hydrogens (tertiary/aromatic N) is 2. The van der Waals surface area contributed by atoms with Crippen molar-refractivity contribution >= 4 is 33.4 Å². The van der Waals surface area contributed by atoms with Gasteiger partial charge in [0.1, 0.15) is 6.54 Å². The van der Waals surface area contributed by atoms with Crippen molar-refractivity contribution < 1.29 is 14.3 Å². The number of amides is 1. The zero-order chi connectivity index (χ0) is 17.5. The van der Waals surface area contributed by atoms with Crippen LogP contribution >= 0.6 is 11.3 Å². The van der Waals surface area contributed by atoms with Crippen LogP contribution in [0.25, 0.3) is 10.2 Å².